The lowest BCUT2D eigenvalue weighted by molar-refractivity contribution is -0.119. The van der Waals surface area contributed by atoms with E-state index in [1.807, 2.05) is 0 Å². The molecule has 0 fully saturated rings. The van der Waals surface area contributed by atoms with Crippen molar-refractivity contribution in [2.75, 3.05) is 36.5 Å². The quantitative estimate of drug-likeness (QED) is 0.316. The highest BCUT2D eigenvalue weighted by molar-refractivity contribution is 7.92. The van der Waals surface area contributed by atoms with E-state index in [1.54, 1.807) is 30.3 Å². The molecule has 3 aromatic rings. The number of fused-ring (bicyclic) bond motifs is 1. The average Bonchev–Trinajstić information content (AvgIpc) is 2.92. The lowest BCUT2D eigenvalue weighted by Crippen LogP contribution is -2.39. The van der Waals surface area contributed by atoms with Crippen molar-refractivity contribution in [2.24, 2.45) is 5.10 Å². The summed E-state index contributed by atoms with van der Waals surface area (Å²) in [5.74, 6) is 0.664. The van der Waals surface area contributed by atoms with Crippen LogP contribution in [0.5, 0.6) is 17.2 Å². The van der Waals surface area contributed by atoms with Gasteiger partial charge in [0.15, 0.2) is 11.5 Å². The van der Waals surface area contributed by atoms with E-state index in [2.05, 4.69) is 15.8 Å². The smallest absolute Gasteiger partial charge is 0.264 e. The molecule has 0 aromatic heterocycles. The number of para-hydroxylation sites is 1. The number of amides is 2. The summed E-state index contributed by atoms with van der Waals surface area (Å²) in [6.07, 6.45) is 1.40. The highest BCUT2D eigenvalue weighted by Gasteiger charge is 2.27. The second kappa shape index (κ2) is 11.6. The third kappa shape index (κ3) is 6.21. The Balaban J connectivity index is 1.55. The number of rotatable bonds is 9. The first-order valence-corrected chi connectivity index (χ1v) is 13.0. The lowest BCUT2D eigenvalue weighted by Gasteiger charge is -2.24. The first-order chi connectivity index (χ1) is 18.3. The van der Waals surface area contributed by atoms with Crippen molar-refractivity contribution in [3.05, 3.63) is 72.3 Å². The number of nitrogens with zero attached hydrogens (tertiary/aromatic N) is 2. The third-order valence-corrected chi connectivity index (χ3v) is 7.19. The Morgan fingerprint density at radius 2 is 1.74 bits per heavy atom. The first kappa shape index (κ1) is 26.5. The van der Waals surface area contributed by atoms with E-state index in [0.29, 0.717) is 41.7 Å². The van der Waals surface area contributed by atoms with Crippen LogP contribution in [-0.2, 0) is 19.6 Å². The second-order valence-electron chi connectivity index (χ2n) is 8.08. The summed E-state index contributed by atoms with van der Waals surface area (Å²) >= 11 is 0. The number of nitrogens with one attached hydrogen (secondary N) is 2. The van der Waals surface area contributed by atoms with Crippen molar-refractivity contribution in [3.8, 4) is 17.2 Å². The summed E-state index contributed by atoms with van der Waals surface area (Å²) in [5.41, 5.74) is 3.66. The molecular weight excluding hydrogens is 512 g/mol. The van der Waals surface area contributed by atoms with Gasteiger partial charge in [-0.3, -0.25) is 13.9 Å². The fourth-order valence-corrected chi connectivity index (χ4v) is 5.06. The molecule has 0 bridgehead atoms. The molecule has 198 valence electrons. The molecule has 3 aromatic carbocycles. The minimum atomic E-state index is -4.17. The third-order valence-electron chi connectivity index (χ3n) is 5.40. The summed E-state index contributed by atoms with van der Waals surface area (Å²) in [4.78, 5) is 24.1. The lowest BCUT2D eigenvalue weighted by atomic mass is 10.2. The highest BCUT2D eigenvalue weighted by atomic mass is 32.2. The van der Waals surface area contributed by atoms with Crippen LogP contribution in [0, 0.1) is 0 Å². The monoisotopic (exact) mass is 538 g/mol. The van der Waals surface area contributed by atoms with Gasteiger partial charge in [0, 0.05) is 18.2 Å². The molecule has 0 saturated heterocycles. The van der Waals surface area contributed by atoms with Gasteiger partial charge in [-0.2, -0.15) is 5.10 Å². The number of carbonyl (C=O) groups is 2. The SMILES string of the molecule is COc1ccc(N(CC(=O)NN=Cc2cccc3c2OCCO3)S(=O)(=O)c2ccc(NC(C)=O)cc2)cc1. The Bertz CT molecular complexity index is 1440. The van der Waals surface area contributed by atoms with Crippen LogP contribution in [0.1, 0.15) is 12.5 Å². The maximum atomic E-state index is 13.6. The molecule has 38 heavy (non-hydrogen) atoms. The molecule has 0 aliphatic carbocycles. The van der Waals surface area contributed by atoms with E-state index in [0.717, 1.165) is 4.31 Å². The normalized spacial score (nSPS) is 12.6. The predicted octanol–water partition coefficient (Wildman–Crippen LogP) is 2.77. The second-order valence-corrected chi connectivity index (χ2v) is 9.94. The summed E-state index contributed by atoms with van der Waals surface area (Å²) in [7, 11) is -2.68. The number of anilines is 2. The van der Waals surface area contributed by atoms with Crippen LogP contribution in [0.3, 0.4) is 0 Å². The fraction of sp³-hybridized carbons (Fsp3) is 0.192. The minimum Gasteiger partial charge on any atom is -0.497 e. The van der Waals surface area contributed by atoms with E-state index in [9.17, 15) is 18.0 Å². The van der Waals surface area contributed by atoms with Gasteiger partial charge in [0.1, 0.15) is 25.5 Å². The molecule has 2 amide bonds. The van der Waals surface area contributed by atoms with Crippen LogP contribution in [0.15, 0.2) is 76.7 Å². The standard InChI is InChI=1S/C26H26N4O7S/c1-18(31)28-20-6-12-23(13-7-20)38(33,34)30(21-8-10-22(35-2)11-9-21)17-25(32)29-27-16-19-4-3-5-24-26(19)37-15-14-36-24/h3-13,16H,14-15,17H2,1-2H3,(H,28,31)(H,29,32). The summed E-state index contributed by atoms with van der Waals surface area (Å²) in [6, 6.07) is 17.2. The van der Waals surface area contributed by atoms with Gasteiger partial charge < -0.3 is 19.5 Å². The van der Waals surface area contributed by atoms with Crippen molar-refractivity contribution in [2.45, 2.75) is 11.8 Å². The van der Waals surface area contributed by atoms with Crippen LogP contribution in [0.25, 0.3) is 0 Å². The van der Waals surface area contributed by atoms with Crippen LogP contribution >= 0.6 is 0 Å². The largest absolute Gasteiger partial charge is 0.497 e. The molecule has 0 radical (unpaired) electrons. The number of benzene rings is 3. The molecule has 0 saturated carbocycles. The topological polar surface area (TPSA) is 136 Å². The number of ether oxygens (including phenoxy) is 3. The Hall–Kier alpha value is -4.58. The van der Waals surface area contributed by atoms with Crippen LogP contribution < -0.4 is 29.3 Å². The molecular formula is C26H26N4O7S. The molecule has 12 heteroatoms. The molecule has 1 aliphatic rings. The van der Waals surface area contributed by atoms with Crippen LogP contribution in [-0.4, -0.2) is 53.3 Å². The van der Waals surface area contributed by atoms with Crippen LogP contribution in [0.4, 0.5) is 11.4 Å². The van der Waals surface area contributed by atoms with Gasteiger partial charge in [-0.05, 0) is 60.7 Å². The van der Waals surface area contributed by atoms with E-state index in [-0.39, 0.29) is 16.5 Å². The van der Waals surface area contributed by atoms with E-state index in [4.69, 9.17) is 14.2 Å². The number of sulfonamides is 1. The number of hydrogen-bond donors (Lipinski definition) is 2. The Morgan fingerprint density at radius 3 is 2.42 bits per heavy atom. The van der Waals surface area contributed by atoms with E-state index in [1.165, 1.54) is 56.6 Å². The Morgan fingerprint density at radius 1 is 1.03 bits per heavy atom. The van der Waals surface area contributed by atoms with Crippen molar-refractivity contribution >= 4 is 39.4 Å². The molecule has 0 unspecified atom stereocenters. The molecule has 1 aliphatic heterocycles. The van der Waals surface area contributed by atoms with Crippen molar-refractivity contribution in [3.63, 3.8) is 0 Å². The number of carbonyl (C=O) groups excluding carboxylic acids is 2. The van der Waals surface area contributed by atoms with Crippen molar-refractivity contribution < 1.29 is 32.2 Å². The molecule has 2 N–H and O–H groups in total. The first-order valence-electron chi connectivity index (χ1n) is 11.5. The van der Waals surface area contributed by atoms with Gasteiger partial charge in [-0.15, -0.1) is 0 Å². The number of hydrogen-bond acceptors (Lipinski definition) is 8. The maximum absolute atomic E-state index is 13.6. The summed E-state index contributed by atoms with van der Waals surface area (Å²) in [5, 5.41) is 6.56. The molecule has 0 atom stereocenters. The predicted molar refractivity (Wildman–Crippen MR) is 141 cm³/mol. The maximum Gasteiger partial charge on any atom is 0.264 e. The zero-order valence-corrected chi connectivity index (χ0v) is 21.5. The van der Waals surface area contributed by atoms with Gasteiger partial charge in [0.2, 0.25) is 5.91 Å². The molecule has 11 nitrogen and oxygen atoms in total. The van der Waals surface area contributed by atoms with Gasteiger partial charge in [-0.25, -0.2) is 13.8 Å². The Labute approximate surface area is 220 Å². The summed E-state index contributed by atoms with van der Waals surface area (Å²) < 4.78 is 44.4. The Kier molecular flexibility index (Phi) is 8.12. The van der Waals surface area contributed by atoms with E-state index >= 15 is 0 Å². The van der Waals surface area contributed by atoms with Crippen molar-refractivity contribution in [1.82, 2.24) is 5.43 Å². The number of methoxy groups -OCH3 is 1. The van der Waals surface area contributed by atoms with Gasteiger partial charge in [0.05, 0.1) is 23.9 Å². The van der Waals surface area contributed by atoms with Crippen LogP contribution in [0.2, 0.25) is 0 Å². The molecule has 0 spiro atoms. The van der Waals surface area contributed by atoms with E-state index < -0.39 is 22.5 Å². The van der Waals surface area contributed by atoms with Crippen molar-refractivity contribution in [1.29, 1.82) is 0 Å². The average molecular weight is 539 g/mol. The number of hydrazone groups is 1. The minimum absolute atomic E-state index is 0.0632. The highest BCUT2D eigenvalue weighted by Crippen LogP contribution is 2.32. The van der Waals surface area contributed by atoms with Gasteiger partial charge in [0.25, 0.3) is 15.9 Å². The zero-order chi connectivity index (χ0) is 27.1. The summed E-state index contributed by atoms with van der Waals surface area (Å²) in [6.45, 7) is 1.64. The van der Waals surface area contributed by atoms with Gasteiger partial charge in [-0.1, -0.05) is 6.07 Å². The zero-order valence-electron chi connectivity index (χ0n) is 20.7. The van der Waals surface area contributed by atoms with Gasteiger partial charge >= 0.3 is 0 Å². The fourth-order valence-electron chi connectivity index (χ4n) is 3.64. The molecule has 4 rings (SSSR count). The molecule has 1 heterocycles.